The monoisotopic (exact) mass is 248 g/mol. The molecule has 0 amide bonds. The fourth-order valence-corrected chi connectivity index (χ4v) is 2.00. The van der Waals surface area contributed by atoms with Gasteiger partial charge in [-0.05, 0) is 19.4 Å². The zero-order chi connectivity index (χ0) is 11.9. The minimum atomic E-state index is -4.33. The summed E-state index contributed by atoms with van der Waals surface area (Å²) >= 11 is 0. The van der Waals surface area contributed by atoms with Crippen molar-refractivity contribution in [3.8, 4) is 0 Å². The molecule has 0 aliphatic rings. The van der Waals surface area contributed by atoms with Crippen LogP contribution in [0.3, 0.4) is 0 Å². The highest BCUT2D eigenvalue weighted by atomic mass is 32.2. The molecule has 4 nitrogen and oxygen atoms in total. The number of rotatable bonds is 7. The standard InChI is InChI=1S/C7H15F3N2O2S/c8-7(9,10)3-5-12-15(13,14)6-2-1-4-11/h12H,1-6,11H2. The van der Waals surface area contributed by atoms with Gasteiger partial charge in [-0.15, -0.1) is 0 Å². The van der Waals surface area contributed by atoms with E-state index in [9.17, 15) is 21.6 Å². The SMILES string of the molecule is NCCCCS(=O)(=O)NCCC(F)(F)F. The van der Waals surface area contributed by atoms with E-state index in [2.05, 4.69) is 0 Å². The van der Waals surface area contributed by atoms with E-state index < -0.39 is 29.2 Å². The minimum Gasteiger partial charge on any atom is -0.330 e. The van der Waals surface area contributed by atoms with Gasteiger partial charge in [-0.1, -0.05) is 0 Å². The number of sulfonamides is 1. The molecular weight excluding hydrogens is 233 g/mol. The molecule has 0 rings (SSSR count). The first kappa shape index (κ1) is 14.7. The van der Waals surface area contributed by atoms with Gasteiger partial charge in [0.1, 0.15) is 0 Å². The van der Waals surface area contributed by atoms with Crippen molar-refractivity contribution in [3.63, 3.8) is 0 Å². The first-order chi connectivity index (χ1) is 6.77. The summed E-state index contributed by atoms with van der Waals surface area (Å²) in [6, 6.07) is 0. The lowest BCUT2D eigenvalue weighted by atomic mass is 10.3. The van der Waals surface area contributed by atoms with Crippen LogP contribution in [-0.4, -0.2) is 33.4 Å². The average molecular weight is 248 g/mol. The number of nitrogens with one attached hydrogen (secondary N) is 1. The lowest BCUT2D eigenvalue weighted by Gasteiger charge is -2.08. The van der Waals surface area contributed by atoms with Gasteiger partial charge < -0.3 is 5.73 Å². The Kier molecular flexibility index (Phi) is 6.15. The van der Waals surface area contributed by atoms with E-state index in [-0.39, 0.29) is 5.75 Å². The van der Waals surface area contributed by atoms with Crippen LogP contribution in [0, 0.1) is 0 Å². The predicted octanol–water partition coefficient (Wildman–Crippen LogP) is 0.597. The van der Waals surface area contributed by atoms with Crippen molar-refractivity contribution in [2.75, 3.05) is 18.8 Å². The van der Waals surface area contributed by atoms with Gasteiger partial charge in [0.2, 0.25) is 10.0 Å². The van der Waals surface area contributed by atoms with E-state index in [1.807, 2.05) is 4.72 Å². The highest BCUT2D eigenvalue weighted by Gasteiger charge is 2.27. The third-order valence-electron chi connectivity index (χ3n) is 1.60. The number of nitrogens with two attached hydrogens (primary N) is 1. The second-order valence-corrected chi connectivity index (χ2v) is 5.00. The second-order valence-electron chi connectivity index (χ2n) is 3.07. The fraction of sp³-hybridized carbons (Fsp3) is 1.00. The molecule has 15 heavy (non-hydrogen) atoms. The van der Waals surface area contributed by atoms with E-state index in [1.54, 1.807) is 0 Å². The van der Waals surface area contributed by atoms with Gasteiger partial charge in [-0.3, -0.25) is 0 Å². The number of hydrogen-bond donors (Lipinski definition) is 2. The molecule has 0 unspecified atom stereocenters. The number of alkyl halides is 3. The lowest BCUT2D eigenvalue weighted by molar-refractivity contribution is -0.132. The van der Waals surface area contributed by atoms with Gasteiger partial charge in [0.15, 0.2) is 0 Å². The van der Waals surface area contributed by atoms with Crippen LogP contribution >= 0.6 is 0 Å². The van der Waals surface area contributed by atoms with Crippen molar-refractivity contribution in [2.24, 2.45) is 5.73 Å². The summed E-state index contributed by atoms with van der Waals surface area (Å²) in [5.74, 6) is -0.179. The third-order valence-corrected chi connectivity index (χ3v) is 3.07. The summed E-state index contributed by atoms with van der Waals surface area (Å²) in [5.41, 5.74) is 5.15. The Morgan fingerprint density at radius 3 is 2.27 bits per heavy atom. The maximum absolute atomic E-state index is 11.7. The maximum Gasteiger partial charge on any atom is 0.390 e. The van der Waals surface area contributed by atoms with Crippen LogP contribution in [0.25, 0.3) is 0 Å². The van der Waals surface area contributed by atoms with E-state index in [4.69, 9.17) is 5.73 Å². The predicted molar refractivity (Wildman–Crippen MR) is 50.7 cm³/mol. The summed E-state index contributed by atoms with van der Waals surface area (Å²) in [5, 5.41) is 0. The molecule has 0 bridgehead atoms. The van der Waals surface area contributed by atoms with E-state index in [0.717, 1.165) is 0 Å². The summed E-state index contributed by atoms with van der Waals surface area (Å²) in [6.45, 7) is -0.230. The van der Waals surface area contributed by atoms with Gasteiger partial charge in [0.05, 0.1) is 12.2 Å². The van der Waals surface area contributed by atoms with E-state index in [0.29, 0.717) is 19.4 Å². The Morgan fingerprint density at radius 2 is 1.80 bits per heavy atom. The molecule has 0 atom stereocenters. The normalized spacial score (nSPS) is 13.1. The molecule has 0 aliphatic carbocycles. The Balaban J connectivity index is 3.75. The fourth-order valence-electron chi connectivity index (χ4n) is 0.857. The van der Waals surface area contributed by atoms with Gasteiger partial charge >= 0.3 is 6.18 Å². The maximum atomic E-state index is 11.7. The summed E-state index contributed by atoms with van der Waals surface area (Å²) in [6.07, 6.45) is -4.58. The van der Waals surface area contributed by atoms with Crippen LogP contribution in [0.5, 0.6) is 0 Å². The van der Waals surface area contributed by atoms with Crippen LogP contribution in [0.4, 0.5) is 13.2 Å². The number of halogens is 3. The quantitative estimate of drug-likeness (QED) is 0.648. The Bertz CT molecular complexity index is 264. The molecule has 0 heterocycles. The van der Waals surface area contributed by atoms with E-state index >= 15 is 0 Å². The summed E-state index contributed by atoms with van der Waals surface area (Å²) in [4.78, 5) is 0. The minimum absolute atomic E-state index is 0.179. The van der Waals surface area contributed by atoms with Crippen molar-refractivity contribution in [1.29, 1.82) is 0 Å². The summed E-state index contributed by atoms with van der Waals surface area (Å²) < 4.78 is 59.1. The zero-order valence-corrected chi connectivity index (χ0v) is 9.00. The molecule has 0 aromatic rings. The second kappa shape index (κ2) is 6.29. The van der Waals surface area contributed by atoms with Crippen molar-refractivity contribution in [3.05, 3.63) is 0 Å². The summed E-state index contributed by atoms with van der Waals surface area (Å²) in [7, 11) is -3.58. The number of unbranched alkanes of at least 4 members (excludes halogenated alkanes) is 1. The molecule has 3 N–H and O–H groups in total. The first-order valence-electron chi connectivity index (χ1n) is 4.51. The largest absolute Gasteiger partial charge is 0.390 e. The van der Waals surface area contributed by atoms with Crippen LogP contribution in [0.2, 0.25) is 0 Å². The van der Waals surface area contributed by atoms with Crippen molar-refractivity contribution >= 4 is 10.0 Å². The molecule has 0 aromatic carbocycles. The molecule has 0 aliphatic heterocycles. The van der Waals surface area contributed by atoms with Gasteiger partial charge in [-0.2, -0.15) is 13.2 Å². The van der Waals surface area contributed by atoms with Crippen LogP contribution in [0.15, 0.2) is 0 Å². The molecule has 0 fully saturated rings. The average Bonchev–Trinajstić information content (AvgIpc) is 2.01. The zero-order valence-electron chi connectivity index (χ0n) is 8.18. The molecule has 0 saturated carbocycles. The van der Waals surface area contributed by atoms with Gasteiger partial charge in [0.25, 0.3) is 0 Å². The van der Waals surface area contributed by atoms with Gasteiger partial charge in [-0.25, -0.2) is 13.1 Å². The molecule has 0 saturated heterocycles. The molecule has 0 radical (unpaired) electrons. The van der Waals surface area contributed by atoms with Crippen molar-refractivity contribution in [2.45, 2.75) is 25.4 Å². The topological polar surface area (TPSA) is 72.2 Å². The smallest absolute Gasteiger partial charge is 0.330 e. The van der Waals surface area contributed by atoms with Crippen molar-refractivity contribution in [1.82, 2.24) is 4.72 Å². The molecular formula is C7H15F3N2O2S. The molecule has 0 spiro atoms. The Labute approximate surface area is 87.1 Å². The van der Waals surface area contributed by atoms with Crippen LogP contribution in [-0.2, 0) is 10.0 Å². The Morgan fingerprint density at radius 1 is 1.20 bits per heavy atom. The highest BCUT2D eigenvalue weighted by molar-refractivity contribution is 7.89. The van der Waals surface area contributed by atoms with E-state index in [1.165, 1.54) is 0 Å². The highest BCUT2D eigenvalue weighted by Crippen LogP contribution is 2.18. The van der Waals surface area contributed by atoms with Gasteiger partial charge in [0, 0.05) is 6.54 Å². The third kappa shape index (κ3) is 9.95. The van der Waals surface area contributed by atoms with Crippen molar-refractivity contribution < 1.29 is 21.6 Å². The Hall–Kier alpha value is -0.340. The first-order valence-corrected chi connectivity index (χ1v) is 6.16. The molecule has 8 heteroatoms. The number of hydrogen-bond acceptors (Lipinski definition) is 3. The van der Waals surface area contributed by atoms with Crippen LogP contribution in [0.1, 0.15) is 19.3 Å². The lowest BCUT2D eigenvalue weighted by Crippen LogP contribution is -2.30. The molecule has 92 valence electrons. The molecule has 0 aromatic heterocycles. The van der Waals surface area contributed by atoms with Crippen LogP contribution < -0.4 is 10.5 Å².